The van der Waals surface area contributed by atoms with Gasteiger partial charge in [-0.25, -0.2) is 4.68 Å². The van der Waals surface area contributed by atoms with Gasteiger partial charge < -0.3 is 5.11 Å². The number of aryl methyl sites for hydroxylation is 3. The minimum atomic E-state index is -0.749. The van der Waals surface area contributed by atoms with E-state index in [2.05, 4.69) is 28.4 Å². The van der Waals surface area contributed by atoms with E-state index in [-0.39, 0.29) is 6.42 Å². The molecule has 21 heavy (non-hydrogen) atoms. The molecular formula is C14H21N5O2. The molecule has 2 rings (SSSR count). The third kappa shape index (κ3) is 4.40. The molecule has 0 radical (unpaired) electrons. The Hall–Kier alpha value is -2.18. The van der Waals surface area contributed by atoms with Gasteiger partial charge in [0.15, 0.2) is 0 Å². The normalized spacial score (nSPS) is 11.0. The molecule has 0 amide bonds. The molecule has 2 heterocycles. The summed E-state index contributed by atoms with van der Waals surface area (Å²) in [4.78, 5) is 10.4. The van der Waals surface area contributed by atoms with Gasteiger partial charge in [-0.2, -0.15) is 5.10 Å². The van der Waals surface area contributed by atoms with Crippen LogP contribution in [0.4, 0.5) is 0 Å². The molecular weight excluding hydrogens is 270 g/mol. The summed E-state index contributed by atoms with van der Waals surface area (Å²) in [5, 5.41) is 21.2. The maximum atomic E-state index is 10.4. The average Bonchev–Trinajstić information content (AvgIpc) is 3.02. The summed E-state index contributed by atoms with van der Waals surface area (Å²) < 4.78 is 3.66. The topological polar surface area (TPSA) is 85.8 Å². The summed E-state index contributed by atoms with van der Waals surface area (Å²) in [5.74, 6) is -0.749. The third-order valence-electron chi connectivity index (χ3n) is 3.37. The molecule has 0 fully saturated rings. The number of carbonyl (C=O) groups is 1. The molecule has 0 unspecified atom stereocenters. The lowest BCUT2D eigenvalue weighted by molar-refractivity contribution is -0.137. The number of aromatic nitrogens is 5. The van der Waals surface area contributed by atoms with Crippen LogP contribution in [-0.4, -0.2) is 35.9 Å². The molecule has 0 saturated carbocycles. The Morgan fingerprint density at radius 2 is 2.14 bits per heavy atom. The largest absolute Gasteiger partial charge is 0.481 e. The zero-order chi connectivity index (χ0) is 15.2. The van der Waals surface area contributed by atoms with Crippen molar-refractivity contribution in [1.82, 2.24) is 24.8 Å². The number of hydrogen-bond donors (Lipinski definition) is 1. The summed E-state index contributed by atoms with van der Waals surface area (Å²) in [6, 6.07) is 2.08. The fourth-order valence-electron chi connectivity index (χ4n) is 2.17. The molecule has 114 valence electrons. The van der Waals surface area contributed by atoms with Crippen LogP contribution >= 0.6 is 0 Å². The van der Waals surface area contributed by atoms with E-state index in [1.807, 2.05) is 17.9 Å². The minimum absolute atomic E-state index is 0.211. The molecule has 0 saturated heterocycles. The first-order chi connectivity index (χ1) is 10.1. The first kappa shape index (κ1) is 15.2. The lowest BCUT2D eigenvalue weighted by Crippen LogP contribution is -2.06. The Bertz CT molecular complexity index is 602. The summed E-state index contributed by atoms with van der Waals surface area (Å²) in [6.45, 7) is 2.72. The van der Waals surface area contributed by atoms with Crippen LogP contribution in [0.1, 0.15) is 43.3 Å². The van der Waals surface area contributed by atoms with Crippen LogP contribution < -0.4 is 0 Å². The Morgan fingerprint density at radius 1 is 1.33 bits per heavy atom. The SMILES string of the molecule is CCc1cc(Cn2cc(CCCCC(=O)O)nn2)n(C)n1. The number of carboxylic acid groups (broad SMARTS) is 1. The Balaban J connectivity index is 1.87. The van der Waals surface area contributed by atoms with Crippen molar-refractivity contribution in [3.8, 4) is 0 Å². The number of carboxylic acids is 1. The van der Waals surface area contributed by atoms with Crippen LogP contribution in [0, 0.1) is 0 Å². The number of aliphatic carboxylic acids is 1. The highest BCUT2D eigenvalue weighted by atomic mass is 16.4. The highest BCUT2D eigenvalue weighted by molar-refractivity contribution is 5.66. The van der Waals surface area contributed by atoms with Gasteiger partial charge in [-0.1, -0.05) is 12.1 Å². The molecule has 7 nitrogen and oxygen atoms in total. The number of nitrogens with zero attached hydrogens (tertiary/aromatic N) is 5. The molecule has 0 aromatic carbocycles. The van der Waals surface area contributed by atoms with Gasteiger partial charge in [0, 0.05) is 19.7 Å². The van der Waals surface area contributed by atoms with Gasteiger partial charge in [0.25, 0.3) is 0 Å². The van der Waals surface area contributed by atoms with E-state index >= 15 is 0 Å². The molecule has 1 N–H and O–H groups in total. The second-order valence-electron chi connectivity index (χ2n) is 5.11. The molecule has 0 aliphatic heterocycles. The summed E-state index contributed by atoms with van der Waals surface area (Å²) in [6.07, 6.45) is 5.29. The van der Waals surface area contributed by atoms with Gasteiger partial charge in [-0.05, 0) is 31.7 Å². The van der Waals surface area contributed by atoms with Gasteiger partial charge in [0.2, 0.25) is 0 Å². The molecule has 7 heteroatoms. The lowest BCUT2D eigenvalue weighted by Gasteiger charge is -2.00. The van der Waals surface area contributed by atoms with Crippen molar-refractivity contribution in [2.45, 2.75) is 45.6 Å². The smallest absolute Gasteiger partial charge is 0.303 e. The maximum Gasteiger partial charge on any atom is 0.303 e. The molecule has 2 aromatic heterocycles. The molecule has 0 bridgehead atoms. The first-order valence-electron chi connectivity index (χ1n) is 7.21. The Kier molecular flexibility index (Phi) is 5.08. The highest BCUT2D eigenvalue weighted by Gasteiger charge is 2.07. The second-order valence-corrected chi connectivity index (χ2v) is 5.11. The fraction of sp³-hybridized carbons (Fsp3) is 0.571. The van der Waals surface area contributed by atoms with Crippen molar-refractivity contribution in [1.29, 1.82) is 0 Å². The van der Waals surface area contributed by atoms with Crippen LogP contribution in [-0.2, 0) is 31.2 Å². The van der Waals surface area contributed by atoms with Crippen molar-refractivity contribution in [2.75, 3.05) is 0 Å². The minimum Gasteiger partial charge on any atom is -0.481 e. The van der Waals surface area contributed by atoms with Gasteiger partial charge in [0.05, 0.1) is 23.6 Å². The highest BCUT2D eigenvalue weighted by Crippen LogP contribution is 2.08. The summed E-state index contributed by atoms with van der Waals surface area (Å²) in [7, 11) is 1.93. The van der Waals surface area contributed by atoms with Crippen LogP contribution in [0.5, 0.6) is 0 Å². The zero-order valence-electron chi connectivity index (χ0n) is 12.5. The predicted molar refractivity (Wildman–Crippen MR) is 76.9 cm³/mol. The molecule has 0 spiro atoms. The quantitative estimate of drug-likeness (QED) is 0.743. The maximum absolute atomic E-state index is 10.4. The summed E-state index contributed by atoms with van der Waals surface area (Å²) >= 11 is 0. The van der Waals surface area contributed by atoms with Crippen molar-refractivity contribution < 1.29 is 9.90 Å². The van der Waals surface area contributed by atoms with Gasteiger partial charge in [0.1, 0.15) is 0 Å². The van der Waals surface area contributed by atoms with E-state index < -0.39 is 5.97 Å². The fourth-order valence-corrected chi connectivity index (χ4v) is 2.17. The van der Waals surface area contributed by atoms with Crippen molar-refractivity contribution in [3.05, 3.63) is 29.3 Å². The van der Waals surface area contributed by atoms with Gasteiger partial charge in [-0.15, -0.1) is 5.10 Å². The van der Waals surface area contributed by atoms with Crippen LogP contribution in [0.25, 0.3) is 0 Å². The standard InChI is InChI=1S/C14H21N5O2/c1-3-11-8-13(18(2)16-11)10-19-9-12(15-17-19)6-4-5-7-14(20)21/h8-9H,3-7,10H2,1-2H3,(H,20,21). The van der Waals surface area contributed by atoms with Crippen LogP contribution in [0.15, 0.2) is 12.3 Å². The van der Waals surface area contributed by atoms with E-state index in [0.717, 1.165) is 36.3 Å². The van der Waals surface area contributed by atoms with Crippen molar-refractivity contribution in [2.24, 2.45) is 7.05 Å². The zero-order valence-corrected chi connectivity index (χ0v) is 12.5. The first-order valence-corrected chi connectivity index (χ1v) is 7.21. The van der Waals surface area contributed by atoms with Crippen molar-refractivity contribution >= 4 is 5.97 Å². The van der Waals surface area contributed by atoms with E-state index in [0.29, 0.717) is 13.0 Å². The van der Waals surface area contributed by atoms with E-state index in [1.54, 1.807) is 4.68 Å². The summed E-state index contributed by atoms with van der Waals surface area (Å²) in [5.41, 5.74) is 3.06. The monoisotopic (exact) mass is 291 g/mol. The van der Waals surface area contributed by atoms with E-state index in [1.165, 1.54) is 0 Å². The van der Waals surface area contributed by atoms with Crippen LogP contribution in [0.2, 0.25) is 0 Å². The third-order valence-corrected chi connectivity index (χ3v) is 3.37. The molecule has 0 aliphatic carbocycles. The lowest BCUT2D eigenvalue weighted by atomic mass is 10.1. The average molecular weight is 291 g/mol. The Labute approximate surface area is 123 Å². The second kappa shape index (κ2) is 7.01. The Morgan fingerprint density at radius 3 is 2.81 bits per heavy atom. The number of rotatable bonds is 8. The van der Waals surface area contributed by atoms with Crippen LogP contribution in [0.3, 0.4) is 0 Å². The van der Waals surface area contributed by atoms with E-state index in [9.17, 15) is 4.79 Å². The molecule has 2 aromatic rings. The molecule has 0 atom stereocenters. The van der Waals surface area contributed by atoms with E-state index in [4.69, 9.17) is 5.11 Å². The number of unbranched alkanes of at least 4 members (excludes halogenated alkanes) is 1. The predicted octanol–water partition coefficient (Wildman–Crippen LogP) is 1.42. The molecule has 0 aliphatic rings. The van der Waals surface area contributed by atoms with Gasteiger partial charge in [-0.3, -0.25) is 9.48 Å². The van der Waals surface area contributed by atoms with Crippen molar-refractivity contribution in [3.63, 3.8) is 0 Å². The van der Waals surface area contributed by atoms with Gasteiger partial charge >= 0.3 is 5.97 Å². The number of hydrogen-bond acceptors (Lipinski definition) is 4.